The topological polar surface area (TPSA) is 111 Å². The Balaban J connectivity index is 1.43. The maximum Gasteiger partial charge on any atom is 0.243 e. The second-order valence-electron chi connectivity index (χ2n) is 10.6. The van der Waals surface area contributed by atoms with E-state index in [0.717, 1.165) is 37.8 Å². The van der Waals surface area contributed by atoms with Crippen molar-refractivity contribution in [3.8, 4) is 0 Å². The highest BCUT2D eigenvalue weighted by Gasteiger charge is 2.45. The predicted octanol–water partition coefficient (Wildman–Crippen LogP) is 4.11. The fourth-order valence-electron chi connectivity index (χ4n) is 5.20. The summed E-state index contributed by atoms with van der Waals surface area (Å²) in [5.41, 5.74) is 0.923. The lowest BCUT2D eigenvalue weighted by Gasteiger charge is -2.43. The van der Waals surface area contributed by atoms with Crippen molar-refractivity contribution < 1.29 is 13.5 Å². The van der Waals surface area contributed by atoms with Crippen LogP contribution in [-0.4, -0.2) is 75.7 Å². The summed E-state index contributed by atoms with van der Waals surface area (Å²) >= 11 is 0. The molecule has 3 heterocycles. The van der Waals surface area contributed by atoms with Crippen molar-refractivity contribution in [2.45, 2.75) is 88.4 Å². The van der Waals surface area contributed by atoms with E-state index in [-0.39, 0.29) is 10.9 Å². The minimum atomic E-state index is -3.63. The Morgan fingerprint density at radius 3 is 2.42 bits per heavy atom. The van der Waals surface area contributed by atoms with Crippen molar-refractivity contribution in [1.82, 2.24) is 19.2 Å². The minimum absolute atomic E-state index is 0.0494. The van der Waals surface area contributed by atoms with Gasteiger partial charge >= 0.3 is 0 Å². The molecular formula is C26H38N6O3S. The smallest absolute Gasteiger partial charge is 0.243 e. The number of aliphatic imine (C=N–C) groups is 1. The minimum Gasteiger partial charge on any atom is -0.389 e. The van der Waals surface area contributed by atoms with Crippen LogP contribution >= 0.6 is 0 Å². The first-order chi connectivity index (χ1) is 17.0. The van der Waals surface area contributed by atoms with Gasteiger partial charge in [0.2, 0.25) is 16.0 Å². The van der Waals surface area contributed by atoms with E-state index in [2.05, 4.69) is 25.2 Å². The van der Waals surface area contributed by atoms with Crippen LogP contribution in [-0.2, 0) is 10.0 Å². The number of benzene rings is 1. The van der Waals surface area contributed by atoms with E-state index in [9.17, 15) is 13.5 Å². The highest BCUT2D eigenvalue weighted by Crippen LogP contribution is 2.39. The molecule has 2 aliphatic heterocycles. The number of nitrogens with zero attached hydrogens (tertiary/aromatic N) is 5. The number of rotatable bonds is 9. The molecule has 1 aromatic heterocycles. The molecule has 2 bridgehead atoms. The van der Waals surface area contributed by atoms with Crippen molar-refractivity contribution in [2.75, 3.05) is 18.9 Å². The molecule has 0 radical (unpaired) electrons. The summed E-state index contributed by atoms with van der Waals surface area (Å²) in [5, 5.41) is 13.4. The summed E-state index contributed by atoms with van der Waals surface area (Å²) in [5.74, 6) is 0.983. The van der Waals surface area contributed by atoms with E-state index < -0.39 is 15.6 Å². The lowest BCUT2D eigenvalue weighted by molar-refractivity contribution is -0.00335. The Kier molecular flexibility index (Phi) is 7.80. The molecule has 2 aliphatic rings. The number of hydrogen-bond acceptors (Lipinski definition) is 8. The molecule has 4 rings (SSSR count). The molecule has 0 amide bonds. The standard InChI is InChI=1S/C26H38N6O3S/c1-6-18(2)28-24-13-14-27-25(30-24)29-19-7-11-23(12-8-19)36(34,35)31(5)22-15-20-9-10-21(16-22)32(20)17-26(3,4)33/h7-8,11-14,20-22,33H,6,9-10,15-17H2,1-5H3,(H,27,29,30). The highest BCUT2D eigenvalue weighted by atomic mass is 32.2. The maximum absolute atomic E-state index is 13.4. The molecule has 36 heavy (non-hydrogen) atoms. The van der Waals surface area contributed by atoms with Crippen LogP contribution in [0.4, 0.5) is 17.5 Å². The fourth-order valence-corrected chi connectivity index (χ4v) is 6.57. The Hall–Kier alpha value is -2.40. The fraction of sp³-hybridized carbons (Fsp3) is 0.577. The van der Waals surface area contributed by atoms with Gasteiger partial charge in [0.1, 0.15) is 0 Å². The summed E-state index contributed by atoms with van der Waals surface area (Å²) in [7, 11) is -1.94. The first-order valence-electron chi connectivity index (χ1n) is 12.7. The van der Waals surface area contributed by atoms with Crippen LogP contribution in [0.3, 0.4) is 0 Å². The van der Waals surface area contributed by atoms with Crippen molar-refractivity contribution in [3.05, 3.63) is 36.5 Å². The number of nitrogens with one attached hydrogen (secondary N) is 1. The third-order valence-corrected chi connectivity index (χ3v) is 9.11. The number of hydrogen-bond donors (Lipinski definition) is 2. The molecule has 1 aromatic carbocycles. The summed E-state index contributed by atoms with van der Waals surface area (Å²) < 4.78 is 28.4. The van der Waals surface area contributed by atoms with Crippen LogP contribution in [0.5, 0.6) is 0 Å². The third kappa shape index (κ3) is 6.11. The first kappa shape index (κ1) is 26.7. The van der Waals surface area contributed by atoms with Crippen LogP contribution in [0.1, 0.15) is 59.8 Å². The zero-order valence-corrected chi connectivity index (χ0v) is 22.7. The summed E-state index contributed by atoms with van der Waals surface area (Å²) in [6.45, 7) is 8.28. The van der Waals surface area contributed by atoms with Gasteiger partial charge in [-0.1, -0.05) is 6.92 Å². The van der Waals surface area contributed by atoms with Gasteiger partial charge in [0.25, 0.3) is 0 Å². The van der Waals surface area contributed by atoms with E-state index in [1.807, 2.05) is 27.7 Å². The van der Waals surface area contributed by atoms with Crippen molar-refractivity contribution in [1.29, 1.82) is 0 Å². The van der Waals surface area contributed by atoms with Gasteiger partial charge in [-0.3, -0.25) is 4.90 Å². The molecule has 2 saturated heterocycles. The molecule has 0 saturated carbocycles. The Bertz CT molecular complexity index is 1180. The highest BCUT2D eigenvalue weighted by molar-refractivity contribution is 7.89. The zero-order chi connectivity index (χ0) is 26.1. The molecule has 10 heteroatoms. The maximum atomic E-state index is 13.4. The largest absolute Gasteiger partial charge is 0.389 e. The number of piperidine rings is 1. The predicted molar refractivity (Wildman–Crippen MR) is 143 cm³/mol. The number of aliphatic hydroxyl groups is 1. The second-order valence-corrected chi connectivity index (χ2v) is 12.6. The average molecular weight is 515 g/mol. The van der Waals surface area contributed by atoms with Crippen molar-refractivity contribution in [3.63, 3.8) is 0 Å². The monoisotopic (exact) mass is 514 g/mol. The van der Waals surface area contributed by atoms with Gasteiger partial charge in [0.15, 0.2) is 5.82 Å². The molecule has 2 N–H and O–H groups in total. The summed E-state index contributed by atoms with van der Waals surface area (Å²) in [6.07, 6.45) is 6.17. The Labute approximate surface area is 214 Å². The molecule has 196 valence electrons. The van der Waals surface area contributed by atoms with Gasteiger partial charge < -0.3 is 10.4 Å². The SMILES string of the molecule is CCC(C)=Nc1ccnc(Nc2ccc(S(=O)(=O)N(C)C3CC4CCC(C3)N4CC(C)(C)O)cc2)n1. The van der Waals surface area contributed by atoms with Crippen LogP contribution < -0.4 is 5.32 Å². The van der Waals surface area contributed by atoms with Gasteiger partial charge in [-0.25, -0.2) is 18.4 Å². The normalized spacial score (nSPS) is 23.3. The van der Waals surface area contributed by atoms with Gasteiger partial charge in [-0.2, -0.15) is 9.29 Å². The molecule has 0 aliphatic carbocycles. The molecule has 2 fully saturated rings. The van der Waals surface area contributed by atoms with Crippen LogP contribution in [0.2, 0.25) is 0 Å². The van der Waals surface area contributed by atoms with E-state index in [1.165, 1.54) is 0 Å². The zero-order valence-electron chi connectivity index (χ0n) is 21.8. The lowest BCUT2D eigenvalue weighted by atomic mass is 9.95. The summed E-state index contributed by atoms with van der Waals surface area (Å²) in [6, 6.07) is 9.02. The van der Waals surface area contributed by atoms with Gasteiger partial charge in [0, 0.05) is 55.4 Å². The number of anilines is 2. The second kappa shape index (κ2) is 10.5. The van der Waals surface area contributed by atoms with Crippen molar-refractivity contribution >= 4 is 33.2 Å². The third-order valence-electron chi connectivity index (χ3n) is 7.19. The average Bonchev–Trinajstić information content (AvgIpc) is 3.03. The number of fused-ring (bicyclic) bond motifs is 2. The van der Waals surface area contributed by atoms with E-state index in [1.54, 1.807) is 47.9 Å². The van der Waals surface area contributed by atoms with Crippen LogP contribution in [0, 0.1) is 0 Å². The van der Waals surface area contributed by atoms with E-state index in [4.69, 9.17) is 0 Å². The number of sulfonamides is 1. The van der Waals surface area contributed by atoms with Crippen LogP contribution in [0.25, 0.3) is 0 Å². The molecule has 9 nitrogen and oxygen atoms in total. The molecular weight excluding hydrogens is 476 g/mol. The van der Waals surface area contributed by atoms with Gasteiger partial charge in [0.05, 0.1) is 10.5 Å². The molecule has 2 atom stereocenters. The Morgan fingerprint density at radius 1 is 1.19 bits per heavy atom. The molecule has 2 unspecified atom stereocenters. The van der Waals surface area contributed by atoms with Gasteiger partial charge in [-0.05, 0) is 77.1 Å². The van der Waals surface area contributed by atoms with Gasteiger partial charge in [-0.15, -0.1) is 0 Å². The molecule has 2 aromatic rings. The van der Waals surface area contributed by atoms with E-state index in [0.29, 0.717) is 36.1 Å². The first-order valence-corrected chi connectivity index (χ1v) is 14.1. The Morgan fingerprint density at radius 2 is 1.83 bits per heavy atom. The quantitative estimate of drug-likeness (QED) is 0.485. The van der Waals surface area contributed by atoms with E-state index >= 15 is 0 Å². The summed E-state index contributed by atoms with van der Waals surface area (Å²) in [4.78, 5) is 15.7. The lowest BCUT2D eigenvalue weighted by Crippen LogP contribution is -2.54. The number of aromatic nitrogens is 2. The van der Waals surface area contributed by atoms with Crippen LogP contribution in [0.15, 0.2) is 46.4 Å². The molecule has 0 spiro atoms. The van der Waals surface area contributed by atoms with Crippen molar-refractivity contribution in [2.24, 2.45) is 4.99 Å².